The molecule has 0 bridgehead atoms. The van der Waals surface area contributed by atoms with Crippen LogP contribution in [-0.4, -0.2) is 47.8 Å². The average molecular weight is 318 g/mol. The summed E-state index contributed by atoms with van der Waals surface area (Å²) in [7, 11) is 1.31. The zero-order valence-corrected chi connectivity index (χ0v) is 12.9. The van der Waals surface area contributed by atoms with Gasteiger partial charge in [0.25, 0.3) is 0 Å². The Kier molecular flexibility index (Phi) is 13.8. The van der Waals surface area contributed by atoms with E-state index in [0.717, 1.165) is 18.2 Å². The van der Waals surface area contributed by atoms with Crippen LogP contribution in [0.5, 0.6) is 0 Å². The molecule has 0 radical (unpaired) electrons. The fourth-order valence-corrected chi connectivity index (χ4v) is 0.733. The lowest BCUT2D eigenvalue weighted by Crippen LogP contribution is -2.16. The SMILES string of the molecule is C=CC(=O)OC.CCC(O)OC(=O)/C=C\C(=O)OC(O)CC. The van der Waals surface area contributed by atoms with Crippen LogP contribution in [0.4, 0.5) is 0 Å². The first-order valence-electron chi connectivity index (χ1n) is 6.46. The van der Waals surface area contributed by atoms with Crippen molar-refractivity contribution in [1.29, 1.82) is 0 Å². The predicted octanol–water partition coefficient (Wildman–Crippen LogP) is 0.431. The third-order valence-corrected chi connectivity index (χ3v) is 1.93. The van der Waals surface area contributed by atoms with E-state index < -0.39 is 30.5 Å². The van der Waals surface area contributed by atoms with Crippen molar-refractivity contribution in [1.82, 2.24) is 0 Å². The highest BCUT2D eigenvalue weighted by atomic mass is 16.6. The Morgan fingerprint density at radius 1 is 0.955 bits per heavy atom. The summed E-state index contributed by atoms with van der Waals surface area (Å²) in [6.45, 7) is 6.42. The number of carbonyl (C=O) groups is 3. The summed E-state index contributed by atoms with van der Waals surface area (Å²) in [5.41, 5.74) is 0. The molecule has 0 aromatic rings. The van der Waals surface area contributed by atoms with E-state index in [0.29, 0.717) is 0 Å². The van der Waals surface area contributed by atoms with Gasteiger partial charge in [-0.3, -0.25) is 0 Å². The molecule has 2 unspecified atom stereocenters. The molecule has 0 heterocycles. The van der Waals surface area contributed by atoms with Gasteiger partial charge in [0.05, 0.1) is 7.11 Å². The molecule has 0 saturated heterocycles. The number of ether oxygens (including phenoxy) is 3. The van der Waals surface area contributed by atoms with Crippen LogP contribution in [0.3, 0.4) is 0 Å². The summed E-state index contributed by atoms with van der Waals surface area (Å²) in [5, 5.41) is 17.9. The van der Waals surface area contributed by atoms with Gasteiger partial charge in [-0.1, -0.05) is 20.4 Å². The number of esters is 3. The Morgan fingerprint density at radius 2 is 1.32 bits per heavy atom. The van der Waals surface area contributed by atoms with Crippen molar-refractivity contribution in [2.75, 3.05) is 7.11 Å². The lowest BCUT2D eigenvalue weighted by Gasteiger charge is -2.08. The average Bonchev–Trinajstić information content (AvgIpc) is 2.52. The zero-order chi connectivity index (χ0) is 17.5. The monoisotopic (exact) mass is 318 g/mol. The standard InChI is InChI=1S/C10H16O6.C4H6O2/c1-3-7(11)15-9(13)5-6-10(14)16-8(12)4-2;1-3-4(5)6-2/h5-8,11-12H,3-4H2,1-2H3;3H,1H2,2H3/b6-5-;. The first kappa shape index (κ1) is 22.1. The van der Waals surface area contributed by atoms with Crippen LogP contribution in [0.1, 0.15) is 26.7 Å². The summed E-state index contributed by atoms with van der Waals surface area (Å²) in [6, 6.07) is 0. The molecule has 0 amide bonds. The number of hydrogen-bond donors (Lipinski definition) is 2. The van der Waals surface area contributed by atoms with Crippen molar-refractivity contribution in [2.24, 2.45) is 0 Å². The topological polar surface area (TPSA) is 119 Å². The summed E-state index contributed by atoms with van der Waals surface area (Å²) in [5.74, 6) is -2.09. The Bertz CT molecular complexity index is 362. The van der Waals surface area contributed by atoms with Gasteiger partial charge in [0.15, 0.2) is 0 Å². The van der Waals surface area contributed by atoms with E-state index in [1.165, 1.54) is 7.11 Å². The number of hydrogen-bond acceptors (Lipinski definition) is 8. The maximum Gasteiger partial charge on any atom is 0.333 e. The van der Waals surface area contributed by atoms with Crippen LogP contribution in [0.15, 0.2) is 24.8 Å². The number of aliphatic hydroxyl groups is 2. The molecule has 8 heteroatoms. The van der Waals surface area contributed by atoms with Crippen LogP contribution >= 0.6 is 0 Å². The molecule has 0 rings (SSSR count). The molecule has 2 N–H and O–H groups in total. The van der Waals surface area contributed by atoms with Crippen LogP contribution in [-0.2, 0) is 28.6 Å². The van der Waals surface area contributed by atoms with E-state index >= 15 is 0 Å². The molecule has 0 aliphatic heterocycles. The highest BCUT2D eigenvalue weighted by Crippen LogP contribution is 1.96. The highest BCUT2D eigenvalue weighted by Gasteiger charge is 2.08. The van der Waals surface area contributed by atoms with E-state index in [9.17, 15) is 14.4 Å². The minimum Gasteiger partial charge on any atom is -0.466 e. The van der Waals surface area contributed by atoms with Gasteiger partial charge in [-0.15, -0.1) is 0 Å². The van der Waals surface area contributed by atoms with Gasteiger partial charge in [0.1, 0.15) is 0 Å². The second-order valence-electron chi connectivity index (χ2n) is 3.66. The molecule has 0 saturated carbocycles. The molecule has 0 fully saturated rings. The van der Waals surface area contributed by atoms with Crippen LogP contribution < -0.4 is 0 Å². The van der Waals surface area contributed by atoms with E-state index in [-0.39, 0.29) is 12.8 Å². The van der Waals surface area contributed by atoms with Crippen LogP contribution in [0.2, 0.25) is 0 Å². The van der Waals surface area contributed by atoms with Gasteiger partial charge in [-0.2, -0.15) is 0 Å². The van der Waals surface area contributed by atoms with Gasteiger partial charge in [0, 0.05) is 31.1 Å². The minimum atomic E-state index is -1.19. The van der Waals surface area contributed by atoms with Gasteiger partial charge < -0.3 is 24.4 Å². The van der Waals surface area contributed by atoms with Crippen molar-refractivity contribution in [3.63, 3.8) is 0 Å². The molecule has 0 aliphatic rings. The fraction of sp³-hybridized carbons (Fsp3) is 0.500. The van der Waals surface area contributed by atoms with E-state index in [1.54, 1.807) is 13.8 Å². The maximum atomic E-state index is 10.9. The van der Waals surface area contributed by atoms with Gasteiger partial charge >= 0.3 is 17.9 Å². The van der Waals surface area contributed by atoms with Gasteiger partial charge in [-0.25, -0.2) is 14.4 Å². The smallest absolute Gasteiger partial charge is 0.333 e. The molecular formula is C14H22O8. The number of carbonyl (C=O) groups excluding carboxylic acids is 3. The van der Waals surface area contributed by atoms with E-state index in [2.05, 4.69) is 20.8 Å². The Balaban J connectivity index is 0. The second kappa shape index (κ2) is 13.8. The van der Waals surface area contributed by atoms with E-state index in [4.69, 9.17) is 10.2 Å². The van der Waals surface area contributed by atoms with E-state index in [1.807, 2.05) is 0 Å². The molecule has 0 aromatic carbocycles. The molecule has 8 nitrogen and oxygen atoms in total. The summed E-state index contributed by atoms with van der Waals surface area (Å²) < 4.78 is 13.0. The third kappa shape index (κ3) is 14.2. The molecule has 126 valence electrons. The summed E-state index contributed by atoms with van der Waals surface area (Å²) in [4.78, 5) is 31.7. The number of methoxy groups -OCH3 is 1. The molecule has 2 atom stereocenters. The lowest BCUT2D eigenvalue weighted by molar-refractivity contribution is -0.164. The second-order valence-corrected chi connectivity index (χ2v) is 3.66. The third-order valence-electron chi connectivity index (χ3n) is 1.93. The van der Waals surface area contributed by atoms with Crippen molar-refractivity contribution in [2.45, 2.75) is 39.3 Å². The quantitative estimate of drug-likeness (QED) is 0.300. The normalized spacial score (nSPS) is 12.4. The van der Waals surface area contributed by atoms with Gasteiger partial charge in [0.2, 0.25) is 12.6 Å². The first-order valence-corrected chi connectivity index (χ1v) is 6.46. The maximum absolute atomic E-state index is 10.9. The van der Waals surface area contributed by atoms with Crippen molar-refractivity contribution < 1.29 is 38.8 Å². The Hall–Kier alpha value is -2.19. The first-order chi connectivity index (χ1) is 10.3. The van der Waals surface area contributed by atoms with Crippen LogP contribution in [0.25, 0.3) is 0 Å². The molecule has 0 spiro atoms. The van der Waals surface area contributed by atoms with Crippen molar-refractivity contribution in [3.8, 4) is 0 Å². The largest absolute Gasteiger partial charge is 0.466 e. The summed E-state index contributed by atoms with van der Waals surface area (Å²) >= 11 is 0. The predicted molar refractivity (Wildman–Crippen MR) is 76.1 cm³/mol. The minimum absolute atomic E-state index is 0.262. The number of aliphatic hydroxyl groups excluding tert-OH is 2. The lowest BCUT2D eigenvalue weighted by atomic mass is 10.4. The van der Waals surface area contributed by atoms with Gasteiger partial charge in [-0.05, 0) is 0 Å². The highest BCUT2D eigenvalue weighted by molar-refractivity contribution is 5.91. The van der Waals surface area contributed by atoms with Crippen molar-refractivity contribution in [3.05, 3.63) is 24.8 Å². The zero-order valence-electron chi connectivity index (χ0n) is 12.9. The number of rotatable bonds is 7. The molecular weight excluding hydrogens is 296 g/mol. The van der Waals surface area contributed by atoms with Crippen LogP contribution in [0, 0.1) is 0 Å². The Morgan fingerprint density at radius 3 is 1.50 bits per heavy atom. The molecule has 22 heavy (non-hydrogen) atoms. The summed E-state index contributed by atoms with van der Waals surface area (Å²) in [6.07, 6.45) is 0.911. The van der Waals surface area contributed by atoms with Crippen molar-refractivity contribution >= 4 is 17.9 Å². The fourth-order valence-electron chi connectivity index (χ4n) is 0.733. The molecule has 0 aromatic heterocycles. The molecule has 0 aliphatic carbocycles. The Labute approximate surface area is 129 Å².